The Morgan fingerprint density at radius 3 is 2.53 bits per heavy atom. The average Bonchev–Trinajstić information content (AvgIpc) is 3.26. The largest absolute Gasteiger partial charge is 0.492 e. The van der Waals surface area contributed by atoms with E-state index in [1.807, 2.05) is 23.6 Å². The monoisotopic (exact) mass is 508 g/mol. The average molecular weight is 509 g/mol. The lowest BCUT2D eigenvalue weighted by Gasteiger charge is -2.21. The van der Waals surface area contributed by atoms with E-state index >= 15 is 0 Å². The SMILES string of the molecule is CC(C)(C)NSc1cc(OCCN)ccc1-c1cnc(C2CCCCC2)s1.CC(C)OC(N)=O. The lowest BCUT2D eigenvalue weighted by atomic mass is 9.90. The number of thiazole rings is 1. The second-order valence-corrected chi connectivity index (χ2v) is 11.5. The predicted molar refractivity (Wildman–Crippen MR) is 142 cm³/mol. The molecule has 2 aromatic rings. The van der Waals surface area contributed by atoms with E-state index in [0.29, 0.717) is 19.1 Å². The molecular formula is C25H40N4O3S2. The summed E-state index contributed by atoms with van der Waals surface area (Å²) in [6, 6.07) is 6.29. The number of nitrogens with two attached hydrogens (primary N) is 2. The van der Waals surface area contributed by atoms with Gasteiger partial charge in [-0.25, -0.2) is 9.78 Å². The Labute approximate surface area is 212 Å². The van der Waals surface area contributed by atoms with Crippen molar-refractivity contribution in [1.29, 1.82) is 0 Å². The molecule has 1 aromatic carbocycles. The molecule has 1 aliphatic rings. The third-order valence-corrected chi connectivity index (χ3v) is 7.37. The van der Waals surface area contributed by atoms with Crippen molar-refractivity contribution < 1.29 is 14.3 Å². The Hall–Kier alpha value is -1.81. The first kappa shape index (κ1) is 28.4. The molecule has 9 heteroatoms. The van der Waals surface area contributed by atoms with Gasteiger partial charge < -0.3 is 20.9 Å². The van der Waals surface area contributed by atoms with E-state index in [2.05, 4.69) is 48.1 Å². The van der Waals surface area contributed by atoms with Crippen LogP contribution in [0.3, 0.4) is 0 Å². The van der Waals surface area contributed by atoms with Gasteiger partial charge in [0.25, 0.3) is 0 Å². The summed E-state index contributed by atoms with van der Waals surface area (Å²) in [5.74, 6) is 1.51. The van der Waals surface area contributed by atoms with E-state index in [-0.39, 0.29) is 11.6 Å². The highest BCUT2D eigenvalue weighted by Crippen LogP contribution is 2.41. The molecule has 0 saturated heterocycles. The first-order chi connectivity index (χ1) is 16.1. The summed E-state index contributed by atoms with van der Waals surface area (Å²) < 4.78 is 13.7. The molecule has 0 bridgehead atoms. The third kappa shape index (κ3) is 10.2. The maximum Gasteiger partial charge on any atom is 0.404 e. The number of nitrogens with zero attached hydrogens (tertiary/aromatic N) is 1. The van der Waals surface area contributed by atoms with Gasteiger partial charge in [-0.1, -0.05) is 19.3 Å². The maximum atomic E-state index is 9.81. The van der Waals surface area contributed by atoms with Crippen LogP contribution in [0, 0.1) is 0 Å². The number of benzene rings is 1. The first-order valence-corrected chi connectivity index (χ1v) is 13.6. The van der Waals surface area contributed by atoms with E-state index in [1.54, 1.807) is 25.8 Å². The molecule has 7 nitrogen and oxygen atoms in total. The second-order valence-electron chi connectivity index (χ2n) is 9.63. The lowest BCUT2D eigenvalue weighted by Crippen LogP contribution is -2.29. The number of nitrogens with one attached hydrogen (secondary N) is 1. The number of hydrogen-bond acceptors (Lipinski definition) is 8. The van der Waals surface area contributed by atoms with Crippen LogP contribution in [0.25, 0.3) is 10.4 Å². The van der Waals surface area contributed by atoms with E-state index < -0.39 is 6.09 Å². The molecule has 1 aromatic heterocycles. The summed E-state index contributed by atoms with van der Waals surface area (Å²) in [6.45, 7) is 11.0. The van der Waals surface area contributed by atoms with Gasteiger partial charge in [0.1, 0.15) is 12.4 Å². The number of carbonyl (C=O) groups excluding carboxylic acids is 1. The minimum Gasteiger partial charge on any atom is -0.492 e. The quantitative estimate of drug-likeness (QED) is 0.370. The fourth-order valence-electron chi connectivity index (χ4n) is 3.45. The van der Waals surface area contributed by atoms with Gasteiger partial charge in [0, 0.05) is 34.7 Å². The van der Waals surface area contributed by atoms with Crippen molar-refractivity contribution in [3.63, 3.8) is 0 Å². The Balaban J connectivity index is 0.000000509. The smallest absolute Gasteiger partial charge is 0.404 e. The topological polar surface area (TPSA) is 112 Å². The van der Waals surface area contributed by atoms with Gasteiger partial charge in [0.05, 0.1) is 16.0 Å². The molecule has 190 valence electrons. The number of aromatic nitrogens is 1. The van der Waals surface area contributed by atoms with Crippen molar-refractivity contribution >= 4 is 29.4 Å². The predicted octanol–water partition coefficient (Wildman–Crippen LogP) is 6.08. The lowest BCUT2D eigenvalue weighted by molar-refractivity contribution is 0.125. The molecule has 1 fully saturated rings. The van der Waals surface area contributed by atoms with Crippen LogP contribution in [0.4, 0.5) is 4.79 Å². The third-order valence-electron chi connectivity index (χ3n) is 4.90. The first-order valence-electron chi connectivity index (χ1n) is 11.9. The number of primary amides is 1. The molecule has 5 N–H and O–H groups in total. The van der Waals surface area contributed by atoms with Crippen LogP contribution in [0.15, 0.2) is 29.3 Å². The molecule has 1 amide bonds. The number of rotatable bonds is 8. The summed E-state index contributed by atoms with van der Waals surface area (Å²) in [7, 11) is 0. The Kier molecular flexibility index (Phi) is 11.6. The molecular weight excluding hydrogens is 468 g/mol. The van der Waals surface area contributed by atoms with Gasteiger partial charge in [0.15, 0.2) is 0 Å². The minimum atomic E-state index is -0.713. The second kappa shape index (κ2) is 13.9. The van der Waals surface area contributed by atoms with Gasteiger partial charge in [-0.2, -0.15) is 0 Å². The number of ether oxygens (including phenoxy) is 2. The Bertz CT molecular complexity index is 891. The van der Waals surface area contributed by atoms with Gasteiger partial charge in [-0.05, 0) is 77.6 Å². The van der Waals surface area contributed by atoms with Crippen molar-refractivity contribution in [3.8, 4) is 16.2 Å². The van der Waals surface area contributed by atoms with Crippen LogP contribution >= 0.6 is 23.3 Å². The fraction of sp³-hybridized carbons (Fsp3) is 0.600. The highest BCUT2D eigenvalue weighted by molar-refractivity contribution is 7.97. The number of amides is 1. The molecule has 34 heavy (non-hydrogen) atoms. The Morgan fingerprint density at radius 2 is 1.97 bits per heavy atom. The van der Waals surface area contributed by atoms with Crippen LogP contribution in [-0.4, -0.2) is 35.9 Å². The number of carbonyl (C=O) groups is 1. The van der Waals surface area contributed by atoms with Crippen molar-refractivity contribution in [3.05, 3.63) is 29.4 Å². The van der Waals surface area contributed by atoms with E-state index in [0.717, 1.165) is 5.75 Å². The van der Waals surface area contributed by atoms with Crippen molar-refractivity contribution in [1.82, 2.24) is 9.71 Å². The van der Waals surface area contributed by atoms with Crippen LogP contribution in [0.2, 0.25) is 0 Å². The summed E-state index contributed by atoms with van der Waals surface area (Å²) in [5.41, 5.74) is 11.5. The Morgan fingerprint density at radius 1 is 1.26 bits per heavy atom. The summed E-state index contributed by atoms with van der Waals surface area (Å²) in [4.78, 5) is 17.0. The van der Waals surface area contributed by atoms with Gasteiger partial charge in [-0.15, -0.1) is 11.3 Å². The minimum absolute atomic E-state index is 0.0248. The van der Waals surface area contributed by atoms with Crippen LogP contribution < -0.4 is 20.9 Å². The maximum absolute atomic E-state index is 9.81. The van der Waals surface area contributed by atoms with E-state index in [1.165, 1.54) is 52.4 Å². The molecule has 1 aliphatic carbocycles. The normalized spacial score (nSPS) is 14.4. The van der Waals surface area contributed by atoms with Gasteiger partial charge >= 0.3 is 6.09 Å². The van der Waals surface area contributed by atoms with E-state index in [9.17, 15) is 4.79 Å². The number of hydrogen-bond donors (Lipinski definition) is 3. The zero-order valence-corrected chi connectivity index (χ0v) is 22.7. The van der Waals surface area contributed by atoms with Crippen LogP contribution in [-0.2, 0) is 4.74 Å². The standard InChI is InChI=1S/C21H31N3OS2.C4H9NO2/c1-21(2,3)24-27-18-13-16(25-12-11-22)9-10-17(18)19-14-23-20(26-19)15-7-5-4-6-8-15;1-3(2)7-4(5)6/h9-10,13-15,24H,4-8,11-12,22H2,1-3H3;3H,1-2H3,(H2,5,6). The molecule has 1 saturated carbocycles. The molecule has 0 spiro atoms. The van der Waals surface area contributed by atoms with Crippen molar-refractivity contribution in [2.45, 2.75) is 89.2 Å². The van der Waals surface area contributed by atoms with E-state index in [4.69, 9.17) is 15.5 Å². The van der Waals surface area contributed by atoms with Crippen molar-refractivity contribution in [2.24, 2.45) is 11.5 Å². The molecule has 0 atom stereocenters. The molecule has 3 rings (SSSR count). The molecule has 1 heterocycles. The molecule has 0 radical (unpaired) electrons. The summed E-state index contributed by atoms with van der Waals surface area (Å²) in [5, 5.41) is 1.30. The highest BCUT2D eigenvalue weighted by Gasteiger charge is 2.20. The molecule has 0 aliphatic heterocycles. The van der Waals surface area contributed by atoms with Gasteiger partial charge in [-0.3, -0.25) is 4.72 Å². The van der Waals surface area contributed by atoms with Crippen molar-refractivity contribution in [2.75, 3.05) is 13.2 Å². The summed E-state index contributed by atoms with van der Waals surface area (Å²) >= 11 is 3.51. The van der Waals surface area contributed by atoms with Crippen LogP contribution in [0.5, 0.6) is 5.75 Å². The van der Waals surface area contributed by atoms with Gasteiger partial charge in [0.2, 0.25) is 0 Å². The highest BCUT2D eigenvalue weighted by atomic mass is 32.2. The molecule has 0 unspecified atom stereocenters. The fourth-order valence-corrected chi connectivity index (χ4v) is 5.52. The zero-order valence-electron chi connectivity index (χ0n) is 21.1. The summed E-state index contributed by atoms with van der Waals surface area (Å²) in [6.07, 6.45) is 7.85. The zero-order chi connectivity index (χ0) is 25.1. The van der Waals surface area contributed by atoms with Crippen LogP contribution in [0.1, 0.15) is 77.6 Å².